The molecule has 2 atom stereocenters. The first-order valence-electron chi connectivity index (χ1n) is 5.54. The molecule has 18 heavy (non-hydrogen) atoms. The minimum absolute atomic E-state index is 0.154. The maximum Gasteiger partial charge on any atom is 0.241 e. The molecular formula is C11H15ClN2O3S. The van der Waals surface area contributed by atoms with Gasteiger partial charge in [0.25, 0.3) is 0 Å². The van der Waals surface area contributed by atoms with Crippen molar-refractivity contribution in [2.24, 2.45) is 0 Å². The van der Waals surface area contributed by atoms with Crippen LogP contribution in [0.2, 0.25) is 5.02 Å². The molecule has 1 aromatic rings. The standard InChI is InChI=1S/C11H15ClN2O3S/c1-17-11-7-13-6-10(11)14-18(15,16)9-4-2-3-8(12)5-9/h2-5,10-11,13-14H,6-7H2,1H3/t10?,11-/m1/s1. The van der Waals surface area contributed by atoms with Crippen LogP contribution in [0, 0.1) is 0 Å². The zero-order chi connectivity index (χ0) is 13.2. The third-order valence-electron chi connectivity index (χ3n) is 2.87. The van der Waals surface area contributed by atoms with E-state index in [0.29, 0.717) is 18.1 Å². The minimum Gasteiger partial charge on any atom is -0.378 e. The second kappa shape index (κ2) is 5.54. The van der Waals surface area contributed by atoms with Gasteiger partial charge in [0.15, 0.2) is 0 Å². The number of halogens is 1. The van der Waals surface area contributed by atoms with Gasteiger partial charge in [0.2, 0.25) is 10.0 Å². The molecule has 0 saturated carbocycles. The van der Waals surface area contributed by atoms with E-state index in [1.165, 1.54) is 12.1 Å². The molecule has 0 amide bonds. The lowest BCUT2D eigenvalue weighted by atomic mass is 10.2. The van der Waals surface area contributed by atoms with Crippen molar-refractivity contribution < 1.29 is 13.2 Å². The molecule has 1 heterocycles. The molecule has 5 nitrogen and oxygen atoms in total. The average Bonchev–Trinajstić information content (AvgIpc) is 2.75. The van der Waals surface area contributed by atoms with Crippen LogP contribution in [0.3, 0.4) is 0 Å². The number of ether oxygens (including phenoxy) is 1. The van der Waals surface area contributed by atoms with E-state index in [0.717, 1.165) is 0 Å². The van der Waals surface area contributed by atoms with Gasteiger partial charge in [0, 0.05) is 25.2 Å². The monoisotopic (exact) mass is 290 g/mol. The second-order valence-corrected chi connectivity index (χ2v) is 6.27. The van der Waals surface area contributed by atoms with Crippen molar-refractivity contribution in [1.82, 2.24) is 10.0 Å². The summed E-state index contributed by atoms with van der Waals surface area (Å²) >= 11 is 5.79. The predicted molar refractivity (Wildman–Crippen MR) is 69.2 cm³/mol. The summed E-state index contributed by atoms with van der Waals surface area (Å²) in [5, 5.41) is 3.47. The molecule has 7 heteroatoms. The zero-order valence-electron chi connectivity index (χ0n) is 9.89. The van der Waals surface area contributed by atoms with E-state index in [1.807, 2.05) is 0 Å². The van der Waals surface area contributed by atoms with E-state index in [-0.39, 0.29) is 17.0 Å². The first-order chi connectivity index (χ1) is 8.53. The first kappa shape index (κ1) is 13.8. The summed E-state index contributed by atoms with van der Waals surface area (Å²) in [5.74, 6) is 0. The number of hydrogen-bond acceptors (Lipinski definition) is 4. The van der Waals surface area contributed by atoms with Crippen LogP contribution in [0.25, 0.3) is 0 Å². The van der Waals surface area contributed by atoms with Crippen molar-refractivity contribution in [1.29, 1.82) is 0 Å². The molecule has 0 radical (unpaired) electrons. The van der Waals surface area contributed by atoms with E-state index in [1.54, 1.807) is 19.2 Å². The largest absolute Gasteiger partial charge is 0.378 e. The summed E-state index contributed by atoms with van der Waals surface area (Å²) in [6.45, 7) is 1.19. The van der Waals surface area contributed by atoms with Crippen LogP contribution in [0.4, 0.5) is 0 Å². The fourth-order valence-corrected chi connectivity index (χ4v) is 3.49. The third-order valence-corrected chi connectivity index (χ3v) is 4.60. The van der Waals surface area contributed by atoms with Crippen LogP contribution in [0.5, 0.6) is 0 Å². The highest BCUT2D eigenvalue weighted by Crippen LogP contribution is 2.16. The Hall–Kier alpha value is -0.660. The molecule has 2 N–H and O–H groups in total. The quantitative estimate of drug-likeness (QED) is 0.852. The molecule has 1 saturated heterocycles. The molecule has 0 aliphatic carbocycles. The Kier molecular flexibility index (Phi) is 4.24. The van der Waals surface area contributed by atoms with Crippen LogP contribution < -0.4 is 10.0 Å². The van der Waals surface area contributed by atoms with Crippen molar-refractivity contribution in [2.45, 2.75) is 17.0 Å². The van der Waals surface area contributed by atoms with Crippen molar-refractivity contribution in [3.63, 3.8) is 0 Å². The van der Waals surface area contributed by atoms with Gasteiger partial charge in [-0.15, -0.1) is 0 Å². The molecule has 2 rings (SSSR count). The lowest BCUT2D eigenvalue weighted by molar-refractivity contribution is 0.103. The van der Waals surface area contributed by atoms with E-state index in [2.05, 4.69) is 10.0 Å². The van der Waals surface area contributed by atoms with Gasteiger partial charge < -0.3 is 10.1 Å². The smallest absolute Gasteiger partial charge is 0.241 e. The summed E-state index contributed by atoms with van der Waals surface area (Å²) in [5.41, 5.74) is 0. The van der Waals surface area contributed by atoms with Crippen LogP contribution in [-0.4, -0.2) is 40.8 Å². The SMILES string of the molecule is CO[C@@H]1CNCC1NS(=O)(=O)c1cccc(Cl)c1. The van der Waals surface area contributed by atoms with Gasteiger partial charge in [-0.05, 0) is 18.2 Å². The Morgan fingerprint density at radius 3 is 2.89 bits per heavy atom. The maximum atomic E-state index is 12.1. The van der Waals surface area contributed by atoms with Crippen molar-refractivity contribution in [3.05, 3.63) is 29.3 Å². The molecule has 1 fully saturated rings. The fourth-order valence-electron chi connectivity index (χ4n) is 1.92. The Morgan fingerprint density at radius 1 is 1.44 bits per heavy atom. The normalized spacial score (nSPS) is 24.3. The fraction of sp³-hybridized carbons (Fsp3) is 0.455. The minimum atomic E-state index is -3.56. The summed E-state index contributed by atoms with van der Waals surface area (Å²) in [6, 6.07) is 5.92. The number of methoxy groups -OCH3 is 1. The van der Waals surface area contributed by atoms with Gasteiger partial charge in [-0.3, -0.25) is 0 Å². The molecule has 0 aromatic heterocycles. The molecule has 1 aliphatic heterocycles. The predicted octanol–water partition coefficient (Wildman–Crippen LogP) is 0.605. The number of benzene rings is 1. The van der Waals surface area contributed by atoms with Crippen LogP contribution in [0.1, 0.15) is 0 Å². The van der Waals surface area contributed by atoms with Gasteiger partial charge in [-0.1, -0.05) is 17.7 Å². The number of hydrogen-bond donors (Lipinski definition) is 2. The number of nitrogens with one attached hydrogen (secondary N) is 2. The van der Waals surface area contributed by atoms with Crippen LogP contribution >= 0.6 is 11.6 Å². The average molecular weight is 291 g/mol. The lowest BCUT2D eigenvalue weighted by Gasteiger charge is -2.18. The highest BCUT2D eigenvalue weighted by Gasteiger charge is 2.31. The van der Waals surface area contributed by atoms with Crippen molar-refractivity contribution in [3.8, 4) is 0 Å². The Morgan fingerprint density at radius 2 is 2.22 bits per heavy atom. The molecule has 1 unspecified atom stereocenters. The Labute approximate surface area is 112 Å². The van der Waals surface area contributed by atoms with Gasteiger partial charge >= 0.3 is 0 Å². The summed E-state index contributed by atoms with van der Waals surface area (Å²) in [4.78, 5) is 0.164. The second-order valence-electron chi connectivity index (χ2n) is 4.12. The van der Waals surface area contributed by atoms with E-state index in [4.69, 9.17) is 16.3 Å². The van der Waals surface area contributed by atoms with E-state index >= 15 is 0 Å². The van der Waals surface area contributed by atoms with Gasteiger partial charge in [-0.2, -0.15) is 0 Å². The van der Waals surface area contributed by atoms with Crippen LogP contribution in [0.15, 0.2) is 29.2 Å². The van der Waals surface area contributed by atoms with Gasteiger partial charge in [-0.25, -0.2) is 13.1 Å². The summed E-state index contributed by atoms with van der Waals surface area (Å²) in [6.07, 6.45) is -0.154. The molecule has 100 valence electrons. The highest BCUT2D eigenvalue weighted by molar-refractivity contribution is 7.89. The molecule has 1 aromatic carbocycles. The summed E-state index contributed by atoms with van der Waals surface area (Å²) in [7, 11) is -2.00. The Balaban J connectivity index is 2.17. The van der Waals surface area contributed by atoms with Crippen molar-refractivity contribution in [2.75, 3.05) is 20.2 Å². The van der Waals surface area contributed by atoms with Gasteiger partial charge in [0.1, 0.15) is 0 Å². The molecule has 0 bridgehead atoms. The molecule has 1 aliphatic rings. The molecular weight excluding hydrogens is 276 g/mol. The van der Waals surface area contributed by atoms with Crippen molar-refractivity contribution >= 4 is 21.6 Å². The number of rotatable bonds is 4. The third kappa shape index (κ3) is 3.02. The summed E-state index contributed by atoms with van der Waals surface area (Å²) < 4.78 is 32.1. The van der Waals surface area contributed by atoms with Crippen LogP contribution in [-0.2, 0) is 14.8 Å². The first-order valence-corrected chi connectivity index (χ1v) is 7.40. The highest BCUT2D eigenvalue weighted by atomic mass is 35.5. The maximum absolute atomic E-state index is 12.1. The van der Waals surface area contributed by atoms with E-state index < -0.39 is 10.0 Å². The van der Waals surface area contributed by atoms with E-state index in [9.17, 15) is 8.42 Å². The topological polar surface area (TPSA) is 67.4 Å². The van der Waals surface area contributed by atoms with Gasteiger partial charge in [0.05, 0.1) is 17.0 Å². The number of sulfonamides is 1. The lowest BCUT2D eigenvalue weighted by Crippen LogP contribution is -2.43. The zero-order valence-corrected chi connectivity index (χ0v) is 11.5. The molecule has 0 spiro atoms. The Bertz CT molecular complexity index is 521.